The minimum absolute atomic E-state index is 0.0962. The lowest BCUT2D eigenvalue weighted by Crippen LogP contribution is -2.61. The lowest BCUT2D eigenvalue weighted by Gasteiger charge is -2.33. The van der Waals surface area contributed by atoms with Gasteiger partial charge in [0.25, 0.3) is 11.8 Å². The summed E-state index contributed by atoms with van der Waals surface area (Å²) in [6.45, 7) is 20.0. The highest BCUT2D eigenvalue weighted by Gasteiger charge is 2.36. The highest BCUT2D eigenvalue weighted by molar-refractivity contribution is 5.96. The van der Waals surface area contributed by atoms with Crippen LogP contribution >= 0.6 is 0 Å². The first-order valence-corrected chi connectivity index (χ1v) is 41.8. The van der Waals surface area contributed by atoms with Gasteiger partial charge in [0.2, 0.25) is 23.6 Å². The summed E-state index contributed by atoms with van der Waals surface area (Å²) in [4.78, 5) is 107. The fraction of sp³-hybridized carbons (Fsp3) is 0.619. The van der Waals surface area contributed by atoms with Crippen molar-refractivity contribution in [2.24, 2.45) is 5.92 Å². The normalized spacial score (nSPS) is 18.9. The van der Waals surface area contributed by atoms with E-state index >= 15 is 0 Å². The summed E-state index contributed by atoms with van der Waals surface area (Å²) in [5.41, 5.74) is 7.75. The topological polar surface area (TPSA) is 414 Å². The summed E-state index contributed by atoms with van der Waals surface area (Å²) >= 11 is 0. The number of aliphatic hydroxyl groups is 6. The Kier molecular flexibility index (Phi) is 36.8. The third kappa shape index (κ3) is 26.1. The molecule has 6 aromatic rings. The largest absolute Gasteiger partial charge is 0.379 e. The Morgan fingerprint density at radius 3 is 1.34 bits per heavy atom. The molecule has 15 atom stereocenters. The average Bonchev–Trinajstić information content (AvgIpc) is 1.68. The van der Waals surface area contributed by atoms with Crippen molar-refractivity contribution in [1.29, 1.82) is 0 Å². The van der Waals surface area contributed by atoms with Crippen LogP contribution in [0, 0.1) is 5.92 Å². The van der Waals surface area contributed by atoms with Gasteiger partial charge in [-0.3, -0.25) is 59.8 Å². The maximum atomic E-state index is 14.8. The Hall–Kier alpha value is -8.24. The lowest BCUT2D eigenvalue weighted by molar-refractivity contribution is -0.129. The van der Waals surface area contributed by atoms with Gasteiger partial charge in [0, 0.05) is 75.2 Å². The van der Waals surface area contributed by atoms with Gasteiger partial charge in [0.1, 0.15) is 49.0 Å². The van der Waals surface area contributed by atoms with E-state index in [0.717, 1.165) is 51.0 Å². The number of fused-ring (bicyclic) bond motifs is 4. The highest BCUT2D eigenvalue weighted by atomic mass is 16.3. The molecule has 2 aliphatic heterocycles. The molecule has 0 bridgehead atoms. The minimum atomic E-state index is -1.44. The quantitative estimate of drug-likeness (QED) is 0.0141. The minimum Gasteiger partial charge on any atom is -0.379 e. The monoisotopic (exact) mass is 1590 g/mol. The number of aromatic amines is 2. The first-order chi connectivity index (χ1) is 54.8. The first kappa shape index (κ1) is 91.3. The molecular weight excluding hydrogens is 1450 g/mol. The van der Waals surface area contributed by atoms with Crippen LogP contribution in [0.3, 0.4) is 0 Å². The van der Waals surface area contributed by atoms with Crippen molar-refractivity contribution in [3.8, 4) is 0 Å². The fourth-order valence-corrected chi connectivity index (χ4v) is 15.3. The van der Waals surface area contributed by atoms with Crippen LogP contribution in [0.15, 0.2) is 84.9 Å². The molecule has 0 saturated heterocycles. The van der Waals surface area contributed by atoms with Gasteiger partial charge in [0.15, 0.2) is 0 Å². The molecule has 2 aromatic heterocycles. The second-order valence-electron chi connectivity index (χ2n) is 31.1. The number of carbonyl (C=O) groups is 6. The van der Waals surface area contributed by atoms with Crippen LogP contribution in [0.2, 0.25) is 0 Å². The zero-order valence-electron chi connectivity index (χ0n) is 68.9. The number of aliphatic hydroxyl groups excluding tert-OH is 6. The number of benzene rings is 4. The van der Waals surface area contributed by atoms with Gasteiger partial charge in [-0.25, -0.2) is 9.97 Å². The molecule has 0 radical (unpaired) electrons. The maximum absolute atomic E-state index is 14.8. The van der Waals surface area contributed by atoms with Gasteiger partial charge >= 0.3 is 0 Å². The maximum Gasteiger partial charge on any atom is 0.254 e. The van der Waals surface area contributed by atoms with Crippen molar-refractivity contribution in [1.82, 2.24) is 82.1 Å². The first-order valence-electron chi connectivity index (χ1n) is 41.8. The van der Waals surface area contributed by atoms with Crippen LogP contribution in [-0.2, 0) is 45.4 Å². The molecule has 0 fully saturated rings. The molecule has 0 saturated carbocycles. The van der Waals surface area contributed by atoms with Gasteiger partial charge in [-0.05, 0) is 155 Å². The Labute approximate surface area is 672 Å². The number of amides is 6. The Balaban J connectivity index is 0.860. The van der Waals surface area contributed by atoms with E-state index in [2.05, 4.69) is 73.1 Å². The van der Waals surface area contributed by atoms with Crippen molar-refractivity contribution < 1.29 is 59.4 Å². The molecule has 18 N–H and O–H groups in total. The van der Waals surface area contributed by atoms with Crippen LogP contribution in [-0.4, -0.2) is 232 Å². The van der Waals surface area contributed by atoms with E-state index in [1.54, 1.807) is 36.0 Å². The number of nitrogens with one attached hydrogen (secondary N) is 12. The van der Waals surface area contributed by atoms with E-state index < -0.39 is 85.4 Å². The number of anilines is 2. The molecule has 6 amide bonds. The SMILES string of the molecule is CCC[C@H](N[C@@H](O)[C@H](CCC)NC(=O)C(CC[C@H](O)N[C@@H](CCC)C(=O)N[C@@H](CCC)[C@H](O)NCCCN1Cc2cc(C(=O)N(C)Cc3nc4ccccc4[nH]3)ccc2N[C@@H](CC)[C@@H]1O)N[C@@H](O)[C@H](CCC)NC(=O)[C@@H](C)CCC)C(=O)NCCCN1Cc2cc(C(=O)N(C)Cc3nc4ccccc4[nH]3)ccc2N[C@@H](CC)[C@H]1O. The number of rotatable bonds is 48. The number of hydrogen-bond acceptors (Lipinski definition) is 22. The second kappa shape index (κ2) is 45.9. The molecule has 30 heteroatoms. The van der Waals surface area contributed by atoms with E-state index in [4.69, 9.17) is 0 Å². The van der Waals surface area contributed by atoms with Crippen LogP contribution in [0.5, 0.6) is 0 Å². The average molecular weight is 1590 g/mol. The summed E-state index contributed by atoms with van der Waals surface area (Å²) < 4.78 is 0. The Bertz CT molecular complexity index is 3930. The van der Waals surface area contributed by atoms with Gasteiger partial charge in [-0.15, -0.1) is 0 Å². The third-order valence-corrected chi connectivity index (χ3v) is 21.8. The molecule has 114 heavy (non-hydrogen) atoms. The summed E-state index contributed by atoms with van der Waals surface area (Å²) in [5.74, 6) is -1.06. The molecule has 30 nitrogen and oxygen atoms in total. The van der Waals surface area contributed by atoms with Crippen LogP contribution < -0.4 is 53.2 Å². The molecular formula is C84H132N18O12. The molecule has 2 aliphatic rings. The number of H-pyrrole nitrogens is 2. The van der Waals surface area contributed by atoms with Crippen LogP contribution in [0.25, 0.3) is 22.1 Å². The van der Waals surface area contributed by atoms with E-state index in [9.17, 15) is 59.4 Å². The number of aromatic nitrogens is 4. The van der Waals surface area contributed by atoms with Gasteiger partial charge in [-0.1, -0.05) is 125 Å². The summed E-state index contributed by atoms with van der Waals surface area (Å²) in [7, 11) is 3.47. The molecule has 4 aromatic carbocycles. The van der Waals surface area contributed by atoms with Crippen LogP contribution in [0.4, 0.5) is 11.4 Å². The van der Waals surface area contributed by atoms with Crippen molar-refractivity contribution in [3.63, 3.8) is 0 Å². The standard InChI is InChI=1S/C84H132N18O12/c1-12-26-52(9)74(104)94-68(30-16-5)78(108)98-70(80(110)97-69(31-17-6)79(109)96-66(28-14-3)76(106)86-43-25-45-102-49-56-47-54(37-39-60(56)88-58(19-8)84(102)114)82(112)100(11)51-72-91-63-34-22-23-35-64(63)92-72)40-41-73(103)93-67(29-15-4)77(107)95-65(27-13-2)75(105)85-42-24-44-101-48-55-46-53(36-38-59(55)87-57(18-7)83(101)113)81(111)99(10)50-71-89-61-32-20-21-33-62(61)90-71/h20-23,32-39,46-47,52,57-58,65-70,73,75,78-79,83-85,87-88,93,96,98,103,105,108-109,113-114H,12-19,24-31,40-45,48-51H2,1-11H3,(H,86,106)(H,89,90)(H,91,92)(H,94,104)(H,95,107)(H,97,110)/t52-,57-,58-,65-,66-,67-,68-,69-,70?,73-,75-,78-,79-,83-,84+/m0/s1. The van der Waals surface area contributed by atoms with Crippen molar-refractivity contribution >= 4 is 68.9 Å². The molecule has 630 valence electrons. The summed E-state index contributed by atoms with van der Waals surface area (Å²) in [6, 6.07) is 20.3. The van der Waals surface area contributed by atoms with Gasteiger partial charge in [0.05, 0.1) is 83.5 Å². The third-order valence-electron chi connectivity index (χ3n) is 21.8. The van der Waals surface area contributed by atoms with Crippen molar-refractivity contribution in [2.45, 2.75) is 290 Å². The second-order valence-corrected chi connectivity index (χ2v) is 31.1. The smallest absolute Gasteiger partial charge is 0.254 e. The molecule has 1 unspecified atom stereocenters. The zero-order chi connectivity index (χ0) is 82.5. The highest BCUT2D eigenvalue weighted by Crippen LogP contribution is 2.31. The van der Waals surface area contributed by atoms with E-state index in [1.165, 1.54) is 0 Å². The fourth-order valence-electron chi connectivity index (χ4n) is 15.3. The molecule has 8 rings (SSSR count). The predicted octanol–water partition coefficient (Wildman–Crippen LogP) is 6.64. The van der Waals surface area contributed by atoms with E-state index in [0.29, 0.717) is 145 Å². The number of hydrogen-bond donors (Lipinski definition) is 18. The number of imidazole rings is 2. The Morgan fingerprint density at radius 2 is 0.904 bits per heavy atom. The molecule has 0 spiro atoms. The summed E-state index contributed by atoms with van der Waals surface area (Å²) in [5, 5.41) is 102. The number of nitrogens with zero attached hydrogens (tertiary/aromatic N) is 6. The Morgan fingerprint density at radius 1 is 0.491 bits per heavy atom. The zero-order valence-corrected chi connectivity index (χ0v) is 68.9. The molecule has 0 aliphatic carbocycles. The number of para-hydroxylation sites is 4. The lowest BCUT2D eigenvalue weighted by atomic mass is 10.0. The predicted molar refractivity (Wildman–Crippen MR) is 444 cm³/mol. The number of carbonyl (C=O) groups excluding carboxylic acids is 6. The summed E-state index contributed by atoms with van der Waals surface area (Å²) in [6.07, 6.45) is 0.809. The van der Waals surface area contributed by atoms with Crippen molar-refractivity contribution in [3.05, 3.63) is 119 Å². The van der Waals surface area contributed by atoms with Crippen LogP contribution in [0.1, 0.15) is 221 Å². The van der Waals surface area contributed by atoms with E-state index in [1.807, 2.05) is 145 Å². The van der Waals surface area contributed by atoms with Crippen molar-refractivity contribution in [2.75, 3.05) is 50.9 Å². The van der Waals surface area contributed by atoms with Gasteiger partial charge < -0.3 is 82.3 Å². The van der Waals surface area contributed by atoms with Gasteiger partial charge in [-0.2, -0.15) is 0 Å². The molecule has 4 heterocycles. The van der Waals surface area contributed by atoms with E-state index in [-0.39, 0.29) is 80.5 Å².